The Morgan fingerprint density at radius 2 is 2.00 bits per heavy atom. The van der Waals surface area contributed by atoms with Crippen molar-refractivity contribution in [3.63, 3.8) is 0 Å². The minimum Gasteiger partial charge on any atom is -0.396 e. The summed E-state index contributed by atoms with van der Waals surface area (Å²) in [6.45, 7) is 3.14. The standard InChI is InChI=1S/C11H15FN2O3S/c1-7-3-8(12)9(13)4-10(7)18(16,17)14-5-11(2,15)6-14/h3-4,15H,5-6,13H2,1-2H3. The van der Waals surface area contributed by atoms with Crippen LogP contribution in [0.15, 0.2) is 17.0 Å². The summed E-state index contributed by atoms with van der Waals surface area (Å²) in [4.78, 5) is -0.0168. The molecule has 7 heteroatoms. The van der Waals surface area contributed by atoms with E-state index in [9.17, 15) is 17.9 Å². The van der Waals surface area contributed by atoms with Crippen LogP contribution in [0.25, 0.3) is 0 Å². The molecule has 3 N–H and O–H groups in total. The Kier molecular flexibility index (Phi) is 2.88. The number of rotatable bonds is 2. The summed E-state index contributed by atoms with van der Waals surface area (Å²) >= 11 is 0. The number of nitrogens with two attached hydrogens (primary N) is 1. The lowest BCUT2D eigenvalue weighted by atomic mass is 10.0. The molecule has 1 aliphatic rings. The number of aryl methyl sites for hydroxylation is 1. The fraction of sp³-hybridized carbons (Fsp3) is 0.455. The van der Waals surface area contributed by atoms with Crippen LogP contribution < -0.4 is 5.73 Å². The van der Waals surface area contributed by atoms with Gasteiger partial charge < -0.3 is 10.8 Å². The van der Waals surface area contributed by atoms with Gasteiger partial charge in [-0.05, 0) is 31.5 Å². The summed E-state index contributed by atoms with van der Waals surface area (Å²) in [5, 5.41) is 9.57. The summed E-state index contributed by atoms with van der Waals surface area (Å²) in [5.74, 6) is -0.637. The number of sulfonamides is 1. The number of anilines is 1. The third-order valence-corrected chi connectivity index (χ3v) is 4.88. The van der Waals surface area contributed by atoms with Gasteiger partial charge in [0.05, 0.1) is 16.2 Å². The van der Waals surface area contributed by atoms with E-state index in [-0.39, 0.29) is 23.7 Å². The molecule has 100 valence electrons. The van der Waals surface area contributed by atoms with Crippen LogP contribution >= 0.6 is 0 Å². The summed E-state index contributed by atoms with van der Waals surface area (Å²) in [6, 6.07) is 2.22. The topological polar surface area (TPSA) is 83.6 Å². The summed E-state index contributed by atoms with van der Waals surface area (Å²) in [5.41, 5.74) is 4.50. The van der Waals surface area contributed by atoms with Crippen LogP contribution in [-0.4, -0.2) is 36.5 Å². The van der Waals surface area contributed by atoms with Crippen molar-refractivity contribution in [3.8, 4) is 0 Å². The molecule has 1 fully saturated rings. The molecule has 1 aromatic carbocycles. The van der Waals surface area contributed by atoms with Gasteiger partial charge in [0.1, 0.15) is 5.82 Å². The van der Waals surface area contributed by atoms with Gasteiger partial charge in [0.2, 0.25) is 10.0 Å². The normalized spacial score (nSPS) is 19.6. The van der Waals surface area contributed by atoms with E-state index in [1.54, 1.807) is 6.92 Å². The number of benzene rings is 1. The van der Waals surface area contributed by atoms with Gasteiger partial charge in [-0.2, -0.15) is 4.31 Å². The maximum Gasteiger partial charge on any atom is 0.243 e. The quantitative estimate of drug-likeness (QED) is 0.768. The summed E-state index contributed by atoms with van der Waals surface area (Å²) < 4.78 is 38.8. The number of halogens is 1. The van der Waals surface area contributed by atoms with Gasteiger partial charge in [0.25, 0.3) is 0 Å². The highest BCUT2D eigenvalue weighted by Crippen LogP contribution is 2.30. The molecule has 1 heterocycles. The van der Waals surface area contributed by atoms with Gasteiger partial charge in [-0.3, -0.25) is 0 Å². The van der Waals surface area contributed by atoms with E-state index in [0.717, 1.165) is 16.4 Å². The van der Waals surface area contributed by atoms with E-state index < -0.39 is 21.4 Å². The molecular formula is C11H15FN2O3S. The Bertz CT molecular complexity index is 591. The first kappa shape index (κ1) is 13.3. The lowest BCUT2D eigenvalue weighted by molar-refractivity contribution is -0.0426. The zero-order valence-electron chi connectivity index (χ0n) is 10.1. The number of aliphatic hydroxyl groups is 1. The third kappa shape index (κ3) is 2.09. The second-order valence-electron chi connectivity index (χ2n) is 4.91. The number of hydrogen-bond donors (Lipinski definition) is 2. The highest BCUT2D eigenvalue weighted by atomic mass is 32.2. The van der Waals surface area contributed by atoms with Gasteiger partial charge in [-0.25, -0.2) is 12.8 Å². The van der Waals surface area contributed by atoms with E-state index in [1.165, 1.54) is 6.92 Å². The molecule has 0 aliphatic carbocycles. The van der Waals surface area contributed by atoms with Crippen LogP contribution in [0, 0.1) is 12.7 Å². The van der Waals surface area contributed by atoms with E-state index in [0.29, 0.717) is 5.56 Å². The molecule has 0 bridgehead atoms. The molecule has 18 heavy (non-hydrogen) atoms. The molecular weight excluding hydrogens is 259 g/mol. The van der Waals surface area contributed by atoms with E-state index in [4.69, 9.17) is 5.73 Å². The SMILES string of the molecule is Cc1cc(F)c(N)cc1S(=O)(=O)N1CC(C)(O)C1. The van der Waals surface area contributed by atoms with Crippen molar-refractivity contribution < 1.29 is 17.9 Å². The summed E-state index contributed by atoms with van der Waals surface area (Å²) in [7, 11) is -3.72. The zero-order valence-corrected chi connectivity index (χ0v) is 11.0. The van der Waals surface area contributed by atoms with Gasteiger partial charge in [0.15, 0.2) is 0 Å². The molecule has 0 amide bonds. The Balaban J connectivity index is 2.40. The smallest absolute Gasteiger partial charge is 0.243 e. The maximum absolute atomic E-state index is 13.2. The first-order valence-corrected chi connectivity index (χ1v) is 6.86. The number of nitrogens with zero attached hydrogens (tertiary/aromatic N) is 1. The van der Waals surface area contributed by atoms with Crippen molar-refractivity contribution >= 4 is 15.7 Å². The Labute approximate surface area is 105 Å². The fourth-order valence-corrected chi connectivity index (χ4v) is 3.89. The highest BCUT2D eigenvalue weighted by Gasteiger charge is 2.44. The zero-order chi connectivity index (χ0) is 13.7. The van der Waals surface area contributed by atoms with Crippen LogP contribution in [0.3, 0.4) is 0 Å². The number of nitrogen functional groups attached to an aromatic ring is 1. The monoisotopic (exact) mass is 274 g/mol. The Hall–Kier alpha value is -1.18. The Morgan fingerprint density at radius 1 is 1.44 bits per heavy atom. The molecule has 5 nitrogen and oxygen atoms in total. The van der Waals surface area contributed by atoms with Crippen molar-refractivity contribution in [1.29, 1.82) is 0 Å². The molecule has 0 spiro atoms. The van der Waals surface area contributed by atoms with Crippen molar-refractivity contribution in [2.45, 2.75) is 24.3 Å². The molecule has 0 radical (unpaired) electrons. The highest BCUT2D eigenvalue weighted by molar-refractivity contribution is 7.89. The summed E-state index contributed by atoms with van der Waals surface area (Å²) in [6.07, 6.45) is 0. The average molecular weight is 274 g/mol. The predicted octanol–water partition coefficient (Wildman–Crippen LogP) is 0.472. The lowest BCUT2D eigenvalue weighted by Gasteiger charge is -2.43. The first-order chi connectivity index (χ1) is 8.13. The fourth-order valence-electron chi connectivity index (χ4n) is 1.97. The second kappa shape index (κ2) is 3.91. The minimum atomic E-state index is -3.72. The molecule has 1 aliphatic heterocycles. The van der Waals surface area contributed by atoms with Gasteiger partial charge in [0, 0.05) is 13.1 Å². The predicted molar refractivity (Wildman–Crippen MR) is 64.9 cm³/mol. The third-order valence-electron chi connectivity index (χ3n) is 2.95. The first-order valence-electron chi connectivity index (χ1n) is 5.42. The largest absolute Gasteiger partial charge is 0.396 e. The minimum absolute atomic E-state index is 0.0168. The molecule has 0 unspecified atom stereocenters. The van der Waals surface area contributed by atoms with Gasteiger partial charge >= 0.3 is 0 Å². The van der Waals surface area contributed by atoms with Crippen molar-refractivity contribution in [3.05, 3.63) is 23.5 Å². The molecule has 2 rings (SSSR count). The van der Waals surface area contributed by atoms with Crippen LogP contribution in [0.2, 0.25) is 0 Å². The van der Waals surface area contributed by atoms with Crippen LogP contribution in [0.5, 0.6) is 0 Å². The van der Waals surface area contributed by atoms with Crippen molar-refractivity contribution in [2.24, 2.45) is 0 Å². The van der Waals surface area contributed by atoms with E-state index >= 15 is 0 Å². The lowest BCUT2D eigenvalue weighted by Crippen LogP contribution is -2.61. The van der Waals surface area contributed by atoms with E-state index in [2.05, 4.69) is 0 Å². The van der Waals surface area contributed by atoms with Crippen LogP contribution in [0.1, 0.15) is 12.5 Å². The Morgan fingerprint density at radius 3 is 2.50 bits per heavy atom. The van der Waals surface area contributed by atoms with Crippen LogP contribution in [0.4, 0.5) is 10.1 Å². The number of β-amino-alcohol motifs (C(OH)–C–C–N with tert-alkyl or cyclic N) is 1. The average Bonchev–Trinajstić information content (AvgIpc) is 2.19. The molecule has 1 saturated heterocycles. The van der Waals surface area contributed by atoms with Gasteiger partial charge in [-0.1, -0.05) is 0 Å². The van der Waals surface area contributed by atoms with Crippen molar-refractivity contribution in [1.82, 2.24) is 4.31 Å². The van der Waals surface area contributed by atoms with Crippen molar-refractivity contribution in [2.75, 3.05) is 18.8 Å². The molecule has 0 aromatic heterocycles. The molecule has 0 atom stereocenters. The number of hydrogen-bond acceptors (Lipinski definition) is 4. The van der Waals surface area contributed by atoms with Gasteiger partial charge in [-0.15, -0.1) is 0 Å². The maximum atomic E-state index is 13.2. The molecule has 1 aromatic rings. The second-order valence-corrected chi connectivity index (χ2v) is 6.82. The van der Waals surface area contributed by atoms with E-state index in [1.807, 2.05) is 0 Å². The van der Waals surface area contributed by atoms with Crippen LogP contribution in [-0.2, 0) is 10.0 Å². The molecule has 0 saturated carbocycles.